The van der Waals surface area contributed by atoms with Crippen LogP contribution in [-0.2, 0) is 49.3 Å². The normalized spacial score (nSPS) is 21.2. The molecule has 0 saturated carbocycles. The number of hydrogen-bond donors (Lipinski definition) is 0. The van der Waals surface area contributed by atoms with E-state index in [0.717, 1.165) is 47.2 Å². The van der Waals surface area contributed by atoms with Gasteiger partial charge < -0.3 is 28.4 Å². The number of carbonyl (C=O) groups is 4. The first kappa shape index (κ1) is 32.6. The lowest BCUT2D eigenvalue weighted by atomic mass is 9.90. The standard InChI is InChI=1S/C32H33FO10S/c1-16-13-26(38-6)25(15-22(16)14-24-11-12-27(44-24)21-7-9-23(33)10-8-21)28-29(39-17(2)34)30(40-18(3)35)31(41-19(4)36)32(43-28)42-20(5)37/h7-13,15,28-32H,14H2,1-6H3/t28?,29-,30+,31-,32-/m0/s1. The van der Waals surface area contributed by atoms with Crippen molar-refractivity contribution < 1.29 is 52.0 Å². The minimum atomic E-state index is -1.51. The van der Waals surface area contributed by atoms with E-state index in [2.05, 4.69) is 0 Å². The summed E-state index contributed by atoms with van der Waals surface area (Å²) in [6, 6.07) is 13.9. The maximum atomic E-state index is 13.4. The molecule has 0 bridgehead atoms. The Labute approximate surface area is 258 Å². The molecule has 1 aromatic heterocycles. The quantitative estimate of drug-likeness (QED) is 0.230. The summed E-state index contributed by atoms with van der Waals surface area (Å²) < 4.78 is 47.2. The number of benzene rings is 2. The summed E-state index contributed by atoms with van der Waals surface area (Å²) in [5.74, 6) is -2.91. The third-order valence-corrected chi connectivity index (χ3v) is 7.97. The third kappa shape index (κ3) is 7.80. The molecule has 10 nitrogen and oxygen atoms in total. The second kappa shape index (κ2) is 14.0. The highest BCUT2D eigenvalue weighted by Gasteiger charge is 2.54. The van der Waals surface area contributed by atoms with Crippen LogP contribution >= 0.6 is 11.3 Å². The molecular weight excluding hydrogens is 595 g/mol. The zero-order valence-corrected chi connectivity index (χ0v) is 25.9. The zero-order chi connectivity index (χ0) is 32.1. The molecule has 1 saturated heterocycles. The van der Waals surface area contributed by atoms with Gasteiger partial charge in [0.1, 0.15) is 17.7 Å². The van der Waals surface area contributed by atoms with Crippen molar-refractivity contribution in [2.45, 2.75) is 71.7 Å². The molecule has 3 aromatic rings. The molecule has 2 heterocycles. The number of carbonyl (C=O) groups excluding carboxylic acids is 4. The number of hydrogen-bond acceptors (Lipinski definition) is 11. The fourth-order valence-corrected chi connectivity index (χ4v) is 6.08. The molecule has 1 unspecified atom stereocenters. The van der Waals surface area contributed by atoms with Gasteiger partial charge in [0.15, 0.2) is 12.2 Å². The van der Waals surface area contributed by atoms with Crippen molar-refractivity contribution in [3.63, 3.8) is 0 Å². The maximum absolute atomic E-state index is 13.4. The van der Waals surface area contributed by atoms with Gasteiger partial charge in [0.2, 0.25) is 12.4 Å². The van der Waals surface area contributed by atoms with Gasteiger partial charge in [-0.3, -0.25) is 19.2 Å². The molecule has 0 spiro atoms. The highest BCUT2D eigenvalue weighted by Crippen LogP contribution is 2.42. The summed E-state index contributed by atoms with van der Waals surface area (Å²) in [6.07, 6.45) is -6.32. The van der Waals surface area contributed by atoms with E-state index < -0.39 is 54.6 Å². The van der Waals surface area contributed by atoms with Crippen LogP contribution in [0.4, 0.5) is 4.39 Å². The molecule has 234 valence electrons. The lowest BCUT2D eigenvalue weighted by Gasteiger charge is -2.44. The summed E-state index contributed by atoms with van der Waals surface area (Å²) in [5, 5.41) is 0. The Kier molecular flexibility index (Phi) is 10.4. The number of halogens is 1. The van der Waals surface area contributed by atoms with E-state index in [-0.39, 0.29) is 5.82 Å². The molecule has 44 heavy (non-hydrogen) atoms. The van der Waals surface area contributed by atoms with Crippen molar-refractivity contribution in [3.8, 4) is 16.2 Å². The largest absolute Gasteiger partial charge is 0.496 e. The number of aryl methyl sites for hydroxylation is 1. The summed E-state index contributed by atoms with van der Waals surface area (Å²) in [4.78, 5) is 50.6. The van der Waals surface area contributed by atoms with E-state index >= 15 is 0 Å². The van der Waals surface area contributed by atoms with Gasteiger partial charge in [-0.05, 0) is 60.0 Å². The molecule has 2 aromatic carbocycles. The molecule has 0 amide bonds. The highest BCUT2D eigenvalue weighted by atomic mass is 32.1. The van der Waals surface area contributed by atoms with Crippen LogP contribution in [0.15, 0.2) is 48.5 Å². The predicted molar refractivity (Wildman–Crippen MR) is 156 cm³/mol. The van der Waals surface area contributed by atoms with Crippen LogP contribution < -0.4 is 4.74 Å². The average Bonchev–Trinajstić information content (AvgIpc) is 3.40. The van der Waals surface area contributed by atoms with E-state index in [4.69, 9.17) is 28.4 Å². The van der Waals surface area contributed by atoms with Gasteiger partial charge in [-0.2, -0.15) is 0 Å². The summed E-state index contributed by atoms with van der Waals surface area (Å²) in [5.41, 5.74) is 3.09. The van der Waals surface area contributed by atoms with Gasteiger partial charge in [0.25, 0.3) is 0 Å². The van der Waals surface area contributed by atoms with Crippen molar-refractivity contribution in [2.75, 3.05) is 7.11 Å². The molecule has 0 radical (unpaired) electrons. The summed E-state index contributed by atoms with van der Waals surface area (Å²) in [7, 11) is 1.46. The van der Waals surface area contributed by atoms with E-state index in [1.165, 1.54) is 26.2 Å². The van der Waals surface area contributed by atoms with Crippen LogP contribution in [0.5, 0.6) is 5.75 Å². The average molecular weight is 629 g/mol. The Morgan fingerprint density at radius 1 is 0.795 bits per heavy atom. The number of methoxy groups -OCH3 is 1. The van der Waals surface area contributed by atoms with Crippen molar-refractivity contribution in [3.05, 3.63) is 75.9 Å². The first-order valence-electron chi connectivity index (χ1n) is 13.7. The van der Waals surface area contributed by atoms with E-state index in [1.54, 1.807) is 29.5 Å². The van der Waals surface area contributed by atoms with Crippen LogP contribution in [0.2, 0.25) is 0 Å². The SMILES string of the molecule is COc1cc(C)c(Cc2ccc(-c3ccc(F)cc3)s2)cc1C1O[C@H](OC(C)=O)[C@@H](OC(C)=O)[C@H](OC(C)=O)[C@H]1OC(C)=O. The van der Waals surface area contributed by atoms with Gasteiger partial charge in [-0.25, -0.2) is 4.39 Å². The van der Waals surface area contributed by atoms with Gasteiger partial charge in [-0.15, -0.1) is 11.3 Å². The van der Waals surface area contributed by atoms with Crippen LogP contribution in [0.1, 0.15) is 55.4 Å². The molecule has 1 fully saturated rings. The molecule has 0 aliphatic carbocycles. The van der Waals surface area contributed by atoms with Gasteiger partial charge in [0.05, 0.1) is 7.11 Å². The van der Waals surface area contributed by atoms with Crippen LogP contribution in [0.25, 0.3) is 10.4 Å². The predicted octanol–water partition coefficient (Wildman–Crippen LogP) is 5.22. The fraction of sp³-hybridized carbons (Fsp3) is 0.375. The van der Waals surface area contributed by atoms with Gasteiger partial charge in [0, 0.05) is 49.4 Å². The molecule has 1 aliphatic rings. The van der Waals surface area contributed by atoms with Crippen molar-refractivity contribution in [1.82, 2.24) is 0 Å². The Hall–Kier alpha value is -4.29. The monoisotopic (exact) mass is 628 g/mol. The Morgan fingerprint density at radius 3 is 1.98 bits per heavy atom. The maximum Gasteiger partial charge on any atom is 0.305 e. The Bertz CT molecular complexity index is 1530. The van der Waals surface area contributed by atoms with Crippen molar-refractivity contribution in [2.24, 2.45) is 0 Å². The van der Waals surface area contributed by atoms with Crippen molar-refractivity contribution in [1.29, 1.82) is 0 Å². The third-order valence-electron chi connectivity index (χ3n) is 6.83. The summed E-state index contributed by atoms with van der Waals surface area (Å²) >= 11 is 1.56. The first-order chi connectivity index (χ1) is 20.9. The van der Waals surface area contributed by atoms with Gasteiger partial charge >= 0.3 is 23.9 Å². The zero-order valence-electron chi connectivity index (χ0n) is 25.1. The Morgan fingerprint density at radius 2 is 1.39 bits per heavy atom. The number of ether oxygens (including phenoxy) is 6. The van der Waals surface area contributed by atoms with E-state index in [1.807, 2.05) is 25.1 Å². The molecule has 5 atom stereocenters. The Balaban J connectivity index is 1.78. The first-order valence-corrected chi connectivity index (χ1v) is 14.5. The van der Waals surface area contributed by atoms with E-state index in [9.17, 15) is 23.6 Å². The van der Waals surface area contributed by atoms with Crippen LogP contribution in [0, 0.1) is 12.7 Å². The fourth-order valence-electron chi connectivity index (χ4n) is 5.05. The van der Waals surface area contributed by atoms with Crippen LogP contribution in [0.3, 0.4) is 0 Å². The lowest BCUT2D eigenvalue weighted by molar-refractivity contribution is -0.298. The lowest BCUT2D eigenvalue weighted by Crippen LogP contribution is -2.59. The number of thiophene rings is 1. The minimum Gasteiger partial charge on any atom is -0.496 e. The molecular formula is C32H33FO10S. The number of esters is 4. The molecule has 12 heteroatoms. The second-order valence-corrected chi connectivity index (χ2v) is 11.4. The molecule has 4 rings (SSSR count). The summed E-state index contributed by atoms with van der Waals surface area (Å²) in [6.45, 7) is 6.51. The molecule has 1 aliphatic heterocycles. The second-order valence-electron chi connectivity index (χ2n) is 10.2. The molecule has 0 N–H and O–H groups in total. The number of rotatable bonds is 9. The van der Waals surface area contributed by atoms with Crippen molar-refractivity contribution >= 4 is 35.2 Å². The topological polar surface area (TPSA) is 124 Å². The van der Waals surface area contributed by atoms with E-state index in [0.29, 0.717) is 17.7 Å². The minimum absolute atomic E-state index is 0.310. The van der Waals surface area contributed by atoms with Crippen LogP contribution in [-0.4, -0.2) is 55.6 Å². The van der Waals surface area contributed by atoms with Gasteiger partial charge in [-0.1, -0.05) is 12.1 Å². The highest BCUT2D eigenvalue weighted by molar-refractivity contribution is 7.15. The smallest absolute Gasteiger partial charge is 0.305 e.